The Kier molecular flexibility index (Phi) is 10.9. The Bertz CT molecular complexity index is 1080. The summed E-state index contributed by atoms with van der Waals surface area (Å²) < 4.78 is 17.3. The number of ether oxygens (including phenoxy) is 3. The van der Waals surface area contributed by atoms with Crippen LogP contribution in [-0.4, -0.2) is 30.8 Å². The molecule has 3 rings (SSSR count). The fraction of sp³-hybridized carbons (Fsp3) is 0.286. The van der Waals surface area contributed by atoms with Crippen molar-refractivity contribution in [3.63, 3.8) is 0 Å². The third-order valence-electron chi connectivity index (χ3n) is 5.07. The maximum absolute atomic E-state index is 12.8. The molecule has 6 nitrogen and oxygen atoms in total. The van der Waals surface area contributed by atoms with Gasteiger partial charge in [-0.25, -0.2) is 0 Å². The second kappa shape index (κ2) is 14.6. The number of thiocarbonyl (C=S) groups is 1. The number of anilines is 1. The summed E-state index contributed by atoms with van der Waals surface area (Å²) in [6.07, 6.45) is 4.60. The summed E-state index contributed by atoms with van der Waals surface area (Å²) in [7, 11) is 0. The van der Waals surface area contributed by atoms with E-state index in [-0.39, 0.29) is 11.0 Å². The van der Waals surface area contributed by atoms with E-state index in [1.807, 2.05) is 60.7 Å². The highest BCUT2D eigenvalue weighted by atomic mass is 32.1. The van der Waals surface area contributed by atoms with Gasteiger partial charge in [-0.3, -0.25) is 10.1 Å². The summed E-state index contributed by atoms with van der Waals surface area (Å²) in [5, 5.41) is 5.95. The van der Waals surface area contributed by atoms with Crippen LogP contribution in [0.25, 0.3) is 0 Å². The number of nitrogens with one attached hydrogen (secondary N) is 2. The zero-order chi connectivity index (χ0) is 24.7. The molecular weight excluding hydrogens is 460 g/mol. The molecule has 3 aromatic rings. The van der Waals surface area contributed by atoms with E-state index in [0.717, 1.165) is 30.0 Å². The van der Waals surface area contributed by atoms with E-state index in [1.165, 1.54) is 12.8 Å². The number of carbonyl (C=O) groups is 1. The molecule has 0 aliphatic rings. The van der Waals surface area contributed by atoms with Gasteiger partial charge in [-0.2, -0.15) is 0 Å². The van der Waals surface area contributed by atoms with E-state index in [4.69, 9.17) is 26.4 Å². The van der Waals surface area contributed by atoms with Gasteiger partial charge in [0.2, 0.25) is 0 Å². The lowest BCUT2D eigenvalue weighted by atomic mass is 10.2. The van der Waals surface area contributed by atoms with Crippen LogP contribution in [0.15, 0.2) is 78.9 Å². The topological polar surface area (TPSA) is 68.8 Å². The molecule has 0 fully saturated rings. The lowest BCUT2D eigenvalue weighted by molar-refractivity contribution is 0.0972. The first-order valence-electron chi connectivity index (χ1n) is 11.9. The molecule has 0 aromatic heterocycles. The summed E-state index contributed by atoms with van der Waals surface area (Å²) in [5.74, 6) is 1.63. The van der Waals surface area contributed by atoms with Gasteiger partial charge in [0.1, 0.15) is 30.5 Å². The number of unbranched alkanes of at least 4 members (excludes halogenated alkanes) is 3. The fourth-order valence-corrected chi connectivity index (χ4v) is 3.53. The first-order chi connectivity index (χ1) is 17.2. The van der Waals surface area contributed by atoms with Gasteiger partial charge in [0.15, 0.2) is 5.11 Å². The molecule has 3 aromatic carbocycles. The van der Waals surface area contributed by atoms with Gasteiger partial charge in [-0.05, 0) is 55.0 Å². The molecule has 0 radical (unpaired) electrons. The van der Waals surface area contributed by atoms with Crippen LogP contribution in [0.5, 0.6) is 17.2 Å². The fourth-order valence-electron chi connectivity index (χ4n) is 3.32. The van der Waals surface area contributed by atoms with Gasteiger partial charge in [-0.15, -0.1) is 0 Å². The minimum Gasteiger partial charge on any atom is -0.494 e. The van der Waals surface area contributed by atoms with Crippen molar-refractivity contribution in [2.45, 2.75) is 32.6 Å². The average Bonchev–Trinajstić information content (AvgIpc) is 2.87. The molecule has 7 heteroatoms. The monoisotopic (exact) mass is 492 g/mol. The number of para-hydroxylation sites is 2. The number of carbonyl (C=O) groups excluding carboxylic acids is 1. The van der Waals surface area contributed by atoms with Crippen molar-refractivity contribution in [2.24, 2.45) is 0 Å². The van der Waals surface area contributed by atoms with Crippen LogP contribution < -0.4 is 24.8 Å². The van der Waals surface area contributed by atoms with Crippen LogP contribution in [0.2, 0.25) is 0 Å². The molecule has 0 atom stereocenters. The third kappa shape index (κ3) is 9.29. The molecule has 0 aliphatic carbocycles. The molecule has 0 aliphatic heterocycles. The lowest BCUT2D eigenvalue weighted by Gasteiger charge is -2.14. The van der Waals surface area contributed by atoms with Gasteiger partial charge in [0.25, 0.3) is 5.91 Å². The molecule has 0 saturated carbocycles. The van der Waals surface area contributed by atoms with E-state index < -0.39 is 0 Å². The van der Waals surface area contributed by atoms with Crippen molar-refractivity contribution >= 4 is 28.9 Å². The van der Waals surface area contributed by atoms with Crippen molar-refractivity contribution in [2.75, 3.05) is 25.1 Å². The highest BCUT2D eigenvalue weighted by Crippen LogP contribution is 2.20. The van der Waals surface area contributed by atoms with E-state index in [2.05, 4.69) is 17.6 Å². The van der Waals surface area contributed by atoms with E-state index in [0.29, 0.717) is 31.1 Å². The molecular formula is C28H32N2O4S. The highest BCUT2D eigenvalue weighted by Gasteiger charge is 2.14. The van der Waals surface area contributed by atoms with E-state index in [1.54, 1.807) is 18.2 Å². The number of hydrogen-bond donors (Lipinski definition) is 2. The zero-order valence-corrected chi connectivity index (χ0v) is 20.8. The molecule has 0 bridgehead atoms. The average molecular weight is 493 g/mol. The van der Waals surface area contributed by atoms with E-state index >= 15 is 0 Å². The van der Waals surface area contributed by atoms with Gasteiger partial charge in [0, 0.05) is 11.8 Å². The van der Waals surface area contributed by atoms with Crippen molar-refractivity contribution < 1.29 is 19.0 Å². The Morgan fingerprint density at radius 3 is 2.31 bits per heavy atom. The molecule has 184 valence electrons. The van der Waals surface area contributed by atoms with Crippen LogP contribution in [0.1, 0.15) is 43.0 Å². The van der Waals surface area contributed by atoms with Gasteiger partial charge < -0.3 is 19.5 Å². The second-order valence-electron chi connectivity index (χ2n) is 7.85. The minimum absolute atomic E-state index is 0.192. The first-order valence-corrected chi connectivity index (χ1v) is 12.3. The second-order valence-corrected chi connectivity index (χ2v) is 8.26. The Morgan fingerprint density at radius 2 is 1.49 bits per heavy atom. The maximum atomic E-state index is 12.8. The molecule has 2 N–H and O–H groups in total. The minimum atomic E-state index is -0.356. The predicted octanol–water partition coefficient (Wildman–Crippen LogP) is 6.23. The third-order valence-corrected chi connectivity index (χ3v) is 5.27. The Labute approximate surface area is 212 Å². The Hall–Kier alpha value is -3.58. The highest BCUT2D eigenvalue weighted by molar-refractivity contribution is 7.80. The van der Waals surface area contributed by atoms with Crippen LogP contribution in [0.3, 0.4) is 0 Å². The van der Waals surface area contributed by atoms with Crippen LogP contribution in [0.4, 0.5) is 5.69 Å². The van der Waals surface area contributed by atoms with Crippen molar-refractivity contribution in [3.05, 3.63) is 84.4 Å². The Balaban J connectivity index is 1.48. The number of benzene rings is 3. The van der Waals surface area contributed by atoms with Crippen molar-refractivity contribution in [1.29, 1.82) is 0 Å². The lowest BCUT2D eigenvalue weighted by Crippen LogP contribution is -2.34. The summed E-state index contributed by atoms with van der Waals surface area (Å²) in [4.78, 5) is 12.8. The summed E-state index contributed by atoms with van der Waals surface area (Å²) in [6.45, 7) is 3.52. The van der Waals surface area contributed by atoms with Crippen LogP contribution >= 0.6 is 12.2 Å². The number of rotatable bonds is 13. The number of amides is 1. The summed E-state index contributed by atoms with van der Waals surface area (Å²) in [6, 6.07) is 24.1. The zero-order valence-electron chi connectivity index (χ0n) is 20.0. The molecule has 0 saturated heterocycles. The maximum Gasteiger partial charge on any atom is 0.261 e. The largest absolute Gasteiger partial charge is 0.494 e. The van der Waals surface area contributed by atoms with Crippen molar-refractivity contribution in [3.8, 4) is 17.2 Å². The molecule has 0 spiro atoms. The van der Waals surface area contributed by atoms with Gasteiger partial charge in [-0.1, -0.05) is 62.6 Å². The first kappa shape index (κ1) is 26.0. The molecule has 35 heavy (non-hydrogen) atoms. The quantitative estimate of drug-likeness (QED) is 0.218. The molecule has 0 heterocycles. The van der Waals surface area contributed by atoms with E-state index in [9.17, 15) is 4.79 Å². The van der Waals surface area contributed by atoms with Gasteiger partial charge in [0.05, 0.1) is 12.2 Å². The van der Waals surface area contributed by atoms with Crippen molar-refractivity contribution in [1.82, 2.24) is 5.32 Å². The predicted molar refractivity (Wildman–Crippen MR) is 144 cm³/mol. The normalized spacial score (nSPS) is 10.3. The van der Waals surface area contributed by atoms with Crippen LogP contribution in [0, 0.1) is 0 Å². The van der Waals surface area contributed by atoms with Gasteiger partial charge >= 0.3 is 0 Å². The number of hydrogen-bond acceptors (Lipinski definition) is 5. The molecule has 1 amide bonds. The summed E-state index contributed by atoms with van der Waals surface area (Å²) >= 11 is 5.35. The Morgan fingerprint density at radius 1 is 0.771 bits per heavy atom. The SMILES string of the molecule is CCCCCCOc1cccc(NC(=S)NC(=O)c2ccccc2OCCOc2ccccc2)c1. The van der Waals surface area contributed by atoms with Crippen LogP contribution in [-0.2, 0) is 0 Å². The molecule has 0 unspecified atom stereocenters. The standard InChI is InChI=1S/C28H32N2O4S/c1-2-3-4-10-18-32-24-15-11-12-22(21-24)29-28(35)30-27(31)25-16-8-9-17-26(25)34-20-19-33-23-13-6-5-7-14-23/h5-9,11-17,21H,2-4,10,18-20H2,1H3,(H2,29,30,31,35). The smallest absolute Gasteiger partial charge is 0.261 e. The summed E-state index contributed by atoms with van der Waals surface area (Å²) in [5.41, 5.74) is 1.13.